The molecule has 0 saturated heterocycles. The van der Waals surface area contributed by atoms with Crippen molar-refractivity contribution >= 4 is 9.84 Å². The van der Waals surface area contributed by atoms with Gasteiger partial charge in [0.05, 0.1) is 5.75 Å². The molecule has 0 rings (SSSR count). The number of hydrogen-bond acceptors (Lipinski definition) is 3. The molecule has 0 aromatic carbocycles. The van der Waals surface area contributed by atoms with Crippen LogP contribution in [0.1, 0.15) is 40.0 Å². The fraction of sp³-hybridized carbons (Fsp3) is 1.00. The van der Waals surface area contributed by atoms with Crippen LogP contribution < -0.4 is 5.32 Å². The lowest BCUT2D eigenvalue weighted by Crippen LogP contribution is -2.33. The van der Waals surface area contributed by atoms with Gasteiger partial charge in [0.1, 0.15) is 9.84 Å². The lowest BCUT2D eigenvalue weighted by molar-refractivity contribution is 0.391. The van der Waals surface area contributed by atoms with E-state index in [0.717, 1.165) is 12.8 Å². The third kappa shape index (κ3) is 8.88. The molecule has 2 atom stereocenters. The Balaban J connectivity index is 3.80. The average Bonchev–Trinajstić information content (AvgIpc) is 2.14. The SMILES string of the molecule is CCC(C)CC(CC)NCCS(C)(=O)=O. The number of nitrogens with one attached hydrogen (secondary N) is 1. The number of rotatable bonds is 8. The molecule has 0 bridgehead atoms. The molecule has 0 aromatic heterocycles. The van der Waals surface area contributed by atoms with Gasteiger partial charge >= 0.3 is 0 Å². The highest BCUT2D eigenvalue weighted by Gasteiger charge is 2.10. The van der Waals surface area contributed by atoms with Crippen molar-refractivity contribution in [2.24, 2.45) is 5.92 Å². The molecule has 0 aliphatic carbocycles. The summed E-state index contributed by atoms with van der Waals surface area (Å²) in [7, 11) is -2.82. The lowest BCUT2D eigenvalue weighted by Gasteiger charge is -2.20. The number of hydrogen-bond donors (Lipinski definition) is 1. The minimum absolute atomic E-state index is 0.240. The fourth-order valence-corrected chi connectivity index (χ4v) is 1.98. The lowest BCUT2D eigenvalue weighted by atomic mass is 9.98. The summed E-state index contributed by atoms with van der Waals surface area (Å²) in [6, 6.07) is 0.460. The first-order valence-electron chi connectivity index (χ1n) is 5.80. The molecule has 0 aliphatic heterocycles. The van der Waals surface area contributed by atoms with E-state index in [4.69, 9.17) is 0 Å². The highest BCUT2D eigenvalue weighted by atomic mass is 32.2. The smallest absolute Gasteiger partial charge is 0.148 e. The molecule has 3 nitrogen and oxygen atoms in total. The van der Waals surface area contributed by atoms with Gasteiger partial charge in [0.25, 0.3) is 0 Å². The van der Waals surface area contributed by atoms with E-state index in [1.165, 1.54) is 12.7 Å². The third-order valence-corrected chi connectivity index (χ3v) is 3.73. The number of sulfone groups is 1. The summed E-state index contributed by atoms with van der Waals surface area (Å²) >= 11 is 0. The van der Waals surface area contributed by atoms with Crippen LogP contribution in [-0.4, -0.2) is 33.0 Å². The van der Waals surface area contributed by atoms with E-state index in [0.29, 0.717) is 18.5 Å². The molecule has 0 heterocycles. The van der Waals surface area contributed by atoms with E-state index < -0.39 is 9.84 Å². The first kappa shape index (κ1) is 14.9. The van der Waals surface area contributed by atoms with Crippen LogP contribution in [0.4, 0.5) is 0 Å². The van der Waals surface area contributed by atoms with Crippen molar-refractivity contribution < 1.29 is 8.42 Å². The maximum Gasteiger partial charge on any atom is 0.148 e. The van der Waals surface area contributed by atoms with Crippen LogP contribution in [0.25, 0.3) is 0 Å². The highest BCUT2D eigenvalue weighted by Crippen LogP contribution is 2.11. The van der Waals surface area contributed by atoms with Gasteiger partial charge in [-0.05, 0) is 18.8 Å². The fourth-order valence-electron chi connectivity index (χ4n) is 1.50. The summed E-state index contributed by atoms with van der Waals surface area (Å²) < 4.78 is 21.9. The molecule has 0 saturated carbocycles. The maximum atomic E-state index is 10.9. The zero-order chi connectivity index (χ0) is 11.9. The molecular formula is C11H25NO2S. The van der Waals surface area contributed by atoms with Crippen LogP contribution in [0.3, 0.4) is 0 Å². The average molecular weight is 235 g/mol. The molecule has 15 heavy (non-hydrogen) atoms. The molecule has 0 spiro atoms. The summed E-state index contributed by atoms with van der Waals surface area (Å²) in [4.78, 5) is 0. The summed E-state index contributed by atoms with van der Waals surface area (Å²) in [5.74, 6) is 0.949. The van der Waals surface area contributed by atoms with E-state index in [-0.39, 0.29) is 5.75 Å². The van der Waals surface area contributed by atoms with Crippen molar-refractivity contribution in [3.8, 4) is 0 Å². The van der Waals surface area contributed by atoms with Gasteiger partial charge in [-0.15, -0.1) is 0 Å². The van der Waals surface area contributed by atoms with Crippen molar-refractivity contribution in [1.29, 1.82) is 0 Å². The largest absolute Gasteiger partial charge is 0.313 e. The Labute approximate surface area is 94.6 Å². The molecule has 0 aromatic rings. The quantitative estimate of drug-likeness (QED) is 0.698. The van der Waals surface area contributed by atoms with Crippen LogP contribution in [0.15, 0.2) is 0 Å². The summed E-state index contributed by atoms with van der Waals surface area (Å²) in [6.45, 7) is 7.14. The Hall–Kier alpha value is -0.0900. The normalized spacial score (nSPS) is 16.3. The van der Waals surface area contributed by atoms with Crippen molar-refractivity contribution in [2.75, 3.05) is 18.6 Å². The zero-order valence-corrected chi connectivity index (χ0v) is 11.2. The van der Waals surface area contributed by atoms with Gasteiger partial charge in [-0.3, -0.25) is 0 Å². The Bertz CT molecular complexity index is 249. The Morgan fingerprint density at radius 3 is 2.20 bits per heavy atom. The van der Waals surface area contributed by atoms with E-state index in [1.807, 2.05) is 0 Å². The molecular weight excluding hydrogens is 210 g/mol. The molecule has 4 heteroatoms. The highest BCUT2D eigenvalue weighted by molar-refractivity contribution is 7.90. The standard InChI is InChI=1S/C11H25NO2S/c1-5-10(3)9-11(6-2)12-7-8-15(4,13)14/h10-12H,5-9H2,1-4H3. The van der Waals surface area contributed by atoms with Crippen molar-refractivity contribution in [3.05, 3.63) is 0 Å². The summed E-state index contributed by atoms with van der Waals surface area (Å²) in [6.07, 6.45) is 4.67. The minimum atomic E-state index is -2.82. The molecule has 0 aliphatic rings. The van der Waals surface area contributed by atoms with E-state index in [1.54, 1.807) is 0 Å². The van der Waals surface area contributed by atoms with Crippen LogP contribution in [-0.2, 0) is 9.84 Å². The Morgan fingerprint density at radius 2 is 1.80 bits per heavy atom. The second kappa shape index (κ2) is 7.23. The second-order valence-corrected chi connectivity index (χ2v) is 6.70. The first-order chi connectivity index (χ1) is 6.89. The van der Waals surface area contributed by atoms with Crippen LogP contribution in [0.5, 0.6) is 0 Å². The van der Waals surface area contributed by atoms with Crippen molar-refractivity contribution in [1.82, 2.24) is 5.32 Å². The third-order valence-electron chi connectivity index (χ3n) is 2.78. The van der Waals surface area contributed by atoms with Crippen LogP contribution >= 0.6 is 0 Å². The van der Waals surface area contributed by atoms with E-state index in [9.17, 15) is 8.42 Å². The Morgan fingerprint density at radius 1 is 1.20 bits per heavy atom. The molecule has 0 fully saturated rings. The topological polar surface area (TPSA) is 46.2 Å². The molecule has 0 radical (unpaired) electrons. The molecule has 2 unspecified atom stereocenters. The van der Waals surface area contributed by atoms with Gasteiger partial charge in [0.2, 0.25) is 0 Å². The van der Waals surface area contributed by atoms with Gasteiger partial charge in [0.15, 0.2) is 0 Å². The van der Waals surface area contributed by atoms with Gasteiger partial charge in [-0.25, -0.2) is 8.42 Å². The zero-order valence-electron chi connectivity index (χ0n) is 10.4. The van der Waals surface area contributed by atoms with E-state index >= 15 is 0 Å². The van der Waals surface area contributed by atoms with Gasteiger partial charge < -0.3 is 5.32 Å². The Kier molecular flexibility index (Phi) is 7.18. The predicted molar refractivity (Wildman–Crippen MR) is 65.9 cm³/mol. The predicted octanol–water partition coefficient (Wildman–Crippen LogP) is 1.84. The van der Waals surface area contributed by atoms with Gasteiger partial charge in [-0.1, -0.05) is 27.2 Å². The van der Waals surface area contributed by atoms with Crippen molar-refractivity contribution in [3.63, 3.8) is 0 Å². The second-order valence-electron chi connectivity index (χ2n) is 4.44. The monoisotopic (exact) mass is 235 g/mol. The molecule has 92 valence electrons. The maximum absolute atomic E-state index is 10.9. The van der Waals surface area contributed by atoms with Crippen LogP contribution in [0.2, 0.25) is 0 Å². The van der Waals surface area contributed by atoms with Gasteiger partial charge in [0, 0.05) is 18.8 Å². The summed E-state index contributed by atoms with van der Waals surface area (Å²) in [5.41, 5.74) is 0. The molecule has 1 N–H and O–H groups in total. The molecule has 0 amide bonds. The van der Waals surface area contributed by atoms with Crippen molar-refractivity contribution in [2.45, 2.75) is 46.1 Å². The first-order valence-corrected chi connectivity index (χ1v) is 7.86. The van der Waals surface area contributed by atoms with E-state index in [2.05, 4.69) is 26.1 Å². The summed E-state index contributed by atoms with van der Waals surface area (Å²) in [5, 5.41) is 3.31. The van der Waals surface area contributed by atoms with Crippen LogP contribution in [0, 0.1) is 5.92 Å². The minimum Gasteiger partial charge on any atom is -0.313 e. The van der Waals surface area contributed by atoms with Gasteiger partial charge in [-0.2, -0.15) is 0 Å².